The molecule has 1 saturated heterocycles. The number of nitriles is 1. The first-order valence-electron chi connectivity index (χ1n) is 8.78. The largest absolute Gasteiger partial charge is 0.444 e. The zero-order chi connectivity index (χ0) is 21.1. The molecule has 0 saturated carbocycles. The summed E-state index contributed by atoms with van der Waals surface area (Å²) in [6.45, 7) is 7.33. The summed E-state index contributed by atoms with van der Waals surface area (Å²) in [4.78, 5) is 29.4. The number of halogens is 2. The Morgan fingerprint density at radius 2 is 2.11 bits per heavy atom. The van der Waals surface area contributed by atoms with E-state index in [0.717, 1.165) is 6.07 Å². The molecule has 2 atom stereocenters. The molecule has 2 heterocycles. The Kier molecular flexibility index (Phi) is 6.67. The number of alkyl carbamates (subject to hydrolysis) is 1. The molecule has 1 aliphatic rings. The van der Waals surface area contributed by atoms with Crippen LogP contribution in [0.1, 0.15) is 39.7 Å². The third-order valence-corrected chi connectivity index (χ3v) is 4.42. The molecule has 8 nitrogen and oxygen atoms in total. The molecule has 0 radical (unpaired) electrons. The van der Waals surface area contributed by atoms with E-state index in [1.807, 2.05) is 0 Å². The van der Waals surface area contributed by atoms with Gasteiger partial charge < -0.3 is 20.3 Å². The summed E-state index contributed by atoms with van der Waals surface area (Å²) in [5.74, 6) is -0.979. The van der Waals surface area contributed by atoms with Gasteiger partial charge in [-0.25, -0.2) is 14.2 Å². The molecule has 0 bridgehead atoms. The van der Waals surface area contributed by atoms with Gasteiger partial charge in [0.15, 0.2) is 11.6 Å². The molecule has 2 amide bonds. The first kappa shape index (κ1) is 21.7. The maximum Gasteiger partial charge on any atom is 0.408 e. The van der Waals surface area contributed by atoms with Crippen LogP contribution < -0.4 is 10.6 Å². The van der Waals surface area contributed by atoms with Gasteiger partial charge in [0.1, 0.15) is 16.8 Å². The molecule has 2 N–H and O–H groups in total. The van der Waals surface area contributed by atoms with Gasteiger partial charge in [0.05, 0.1) is 17.6 Å². The smallest absolute Gasteiger partial charge is 0.408 e. The molecular weight excluding hydrogens is 389 g/mol. The van der Waals surface area contributed by atoms with Crippen molar-refractivity contribution in [2.24, 2.45) is 0 Å². The lowest BCUT2D eigenvalue weighted by Gasteiger charge is -2.39. The second-order valence-electron chi connectivity index (χ2n) is 7.53. The van der Waals surface area contributed by atoms with Gasteiger partial charge in [0.2, 0.25) is 5.91 Å². The number of hydrogen-bond acceptors (Lipinski definition) is 6. The van der Waals surface area contributed by atoms with E-state index < -0.39 is 29.6 Å². The van der Waals surface area contributed by atoms with Crippen LogP contribution >= 0.6 is 11.6 Å². The Labute approximate surface area is 168 Å². The zero-order valence-electron chi connectivity index (χ0n) is 16.2. The number of aromatic nitrogens is 1. The van der Waals surface area contributed by atoms with Gasteiger partial charge >= 0.3 is 6.09 Å². The standard InChI is InChI=1S/C18H23ClFN5O3/c1-10(26)25-6-5-13(14(9-25)23-17(27)28-18(2,3)4)22-16-12(20)7-11(8-21)15(19)24-16/h7,13-14H,5-6,9H2,1-4H3,(H,22,24)(H,23,27)/t13-,14+/m1/s1. The molecule has 1 aromatic rings. The van der Waals surface area contributed by atoms with Gasteiger partial charge in [-0.05, 0) is 33.3 Å². The highest BCUT2D eigenvalue weighted by atomic mass is 35.5. The molecular formula is C18H23ClFN5O3. The third-order valence-electron chi connectivity index (χ3n) is 4.13. The maximum atomic E-state index is 14.3. The molecule has 0 spiro atoms. The number of ether oxygens (including phenoxy) is 1. The summed E-state index contributed by atoms with van der Waals surface area (Å²) < 4.78 is 19.6. The molecule has 152 valence electrons. The number of nitrogens with zero attached hydrogens (tertiary/aromatic N) is 3. The molecule has 28 heavy (non-hydrogen) atoms. The van der Waals surface area contributed by atoms with E-state index in [9.17, 15) is 14.0 Å². The topological polar surface area (TPSA) is 107 Å². The highest BCUT2D eigenvalue weighted by Gasteiger charge is 2.33. The summed E-state index contributed by atoms with van der Waals surface area (Å²) in [7, 11) is 0. The van der Waals surface area contributed by atoms with E-state index in [2.05, 4.69) is 15.6 Å². The average Bonchev–Trinajstić information content (AvgIpc) is 2.57. The Morgan fingerprint density at radius 1 is 1.43 bits per heavy atom. The minimum Gasteiger partial charge on any atom is -0.444 e. The van der Waals surface area contributed by atoms with E-state index in [-0.39, 0.29) is 29.0 Å². The van der Waals surface area contributed by atoms with Gasteiger partial charge in [0, 0.05) is 20.0 Å². The second-order valence-corrected chi connectivity index (χ2v) is 7.88. The molecule has 2 rings (SSSR count). The number of pyridine rings is 1. The lowest BCUT2D eigenvalue weighted by Crippen LogP contribution is -2.59. The predicted molar refractivity (Wildman–Crippen MR) is 101 cm³/mol. The van der Waals surface area contributed by atoms with Crippen LogP contribution in [-0.2, 0) is 9.53 Å². The lowest BCUT2D eigenvalue weighted by molar-refractivity contribution is -0.130. The number of piperidine rings is 1. The molecule has 0 unspecified atom stereocenters. The minimum atomic E-state index is -0.731. The predicted octanol–water partition coefficient (Wildman–Crippen LogP) is 2.67. The number of anilines is 1. The van der Waals surface area contributed by atoms with Crippen LogP contribution in [0.2, 0.25) is 5.15 Å². The van der Waals surface area contributed by atoms with Crippen molar-refractivity contribution in [1.82, 2.24) is 15.2 Å². The number of nitrogens with one attached hydrogen (secondary N) is 2. The quantitative estimate of drug-likeness (QED) is 0.740. The number of carbonyl (C=O) groups is 2. The molecule has 1 fully saturated rings. The number of amides is 2. The van der Waals surface area contributed by atoms with Crippen LogP contribution in [0.5, 0.6) is 0 Å². The molecule has 0 aromatic carbocycles. The summed E-state index contributed by atoms with van der Waals surface area (Å²) >= 11 is 5.89. The van der Waals surface area contributed by atoms with Crippen LogP contribution in [0.3, 0.4) is 0 Å². The Hall–Kier alpha value is -2.60. The summed E-state index contributed by atoms with van der Waals surface area (Å²) in [6, 6.07) is 1.80. The second kappa shape index (κ2) is 8.61. The van der Waals surface area contributed by atoms with Gasteiger partial charge in [-0.3, -0.25) is 4.79 Å². The molecule has 1 aromatic heterocycles. The maximum absolute atomic E-state index is 14.3. The van der Waals surface area contributed by atoms with Crippen molar-refractivity contribution in [3.63, 3.8) is 0 Å². The van der Waals surface area contributed by atoms with Crippen molar-refractivity contribution in [3.8, 4) is 6.07 Å². The van der Waals surface area contributed by atoms with Gasteiger partial charge in [0.25, 0.3) is 0 Å². The highest BCUT2D eigenvalue weighted by Crippen LogP contribution is 2.23. The van der Waals surface area contributed by atoms with Crippen LogP contribution in [-0.4, -0.2) is 52.7 Å². The van der Waals surface area contributed by atoms with Crippen molar-refractivity contribution in [2.45, 2.75) is 51.8 Å². The van der Waals surface area contributed by atoms with Crippen LogP contribution in [0.4, 0.5) is 15.0 Å². The molecule has 0 aliphatic carbocycles. The first-order chi connectivity index (χ1) is 13.0. The number of carbonyl (C=O) groups excluding carboxylic acids is 2. The van der Waals surface area contributed by atoms with Crippen molar-refractivity contribution < 1.29 is 18.7 Å². The SMILES string of the molecule is CC(=O)N1CC[C@@H](Nc2nc(Cl)c(C#N)cc2F)[C@@H](NC(=O)OC(C)(C)C)C1. The van der Waals surface area contributed by atoms with E-state index in [1.165, 1.54) is 6.92 Å². The Morgan fingerprint density at radius 3 is 2.68 bits per heavy atom. The van der Waals surface area contributed by atoms with Crippen LogP contribution in [0, 0.1) is 17.1 Å². The van der Waals surface area contributed by atoms with E-state index in [4.69, 9.17) is 21.6 Å². The van der Waals surface area contributed by atoms with Crippen molar-refractivity contribution in [2.75, 3.05) is 18.4 Å². The van der Waals surface area contributed by atoms with Gasteiger partial charge in [-0.15, -0.1) is 0 Å². The van der Waals surface area contributed by atoms with E-state index >= 15 is 0 Å². The molecule has 10 heteroatoms. The van der Waals surface area contributed by atoms with Crippen molar-refractivity contribution >= 4 is 29.4 Å². The Balaban J connectivity index is 2.20. The average molecular weight is 412 g/mol. The minimum absolute atomic E-state index is 0.0699. The van der Waals surface area contributed by atoms with Crippen molar-refractivity contribution in [3.05, 3.63) is 22.6 Å². The third kappa shape index (κ3) is 5.70. The van der Waals surface area contributed by atoms with E-state index in [0.29, 0.717) is 13.0 Å². The highest BCUT2D eigenvalue weighted by molar-refractivity contribution is 6.30. The van der Waals surface area contributed by atoms with Gasteiger partial charge in [-0.2, -0.15) is 5.26 Å². The lowest BCUT2D eigenvalue weighted by atomic mass is 9.99. The summed E-state index contributed by atoms with van der Waals surface area (Å²) in [5, 5.41) is 14.5. The number of rotatable bonds is 3. The first-order valence-corrected chi connectivity index (χ1v) is 9.15. The summed E-state index contributed by atoms with van der Waals surface area (Å²) in [6.07, 6.45) is -0.195. The number of hydrogen-bond donors (Lipinski definition) is 2. The van der Waals surface area contributed by atoms with Crippen molar-refractivity contribution in [1.29, 1.82) is 5.26 Å². The normalized spacial score (nSPS) is 19.5. The fourth-order valence-electron chi connectivity index (χ4n) is 2.84. The monoisotopic (exact) mass is 411 g/mol. The summed E-state index contributed by atoms with van der Waals surface area (Å²) in [5.41, 5.74) is -0.754. The zero-order valence-corrected chi connectivity index (χ0v) is 16.9. The molecule has 1 aliphatic heterocycles. The fourth-order valence-corrected chi connectivity index (χ4v) is 3.02. The fraction of sp³-hybridized carbons (Fsp3) is 0.556. The Bertz CT molecular complexity index is 806. The van der Waals surface area contributed by atoms with Crippen LogP contribution in [0.15, 0.2) is 6.07 Å². The number of likely N-dealkylation sites (tertiary alicyclic amines) is 1. The van der Waals surface area contributed by atoms with E-state index in [1.54, 1.807) is 31.7 Å². The van der Waals surface area contributed by atoms with Crippen LogP contribution in [0.25, 0.3) is 0 Å². The van der Waals surface area contributed by atoms with Gasteiger partial charge in [-0.1, -0.05) is 11.6 Å².